The third-order valence-electron chi connectivity index (χ3n) is 3.89. The van der Waals surface area contributed by atoms with Crippen LogP contribution in [0.2, 0.25) is 0 Å². The van der Waals surface area contributed by atoms with Gasteiger partial charge in [0.1, 0.15) is 5.75 Å². The molecule has 0 aromatic heterocycles. The molecule has 2 rings (SSSR count). The minimum Gasteiger partial charge on any atom is -0.508 e. The Morgan fingerprint density at radius 1 is 0.944 bits per heavy atom. The molecule has 1 saturated carbocycles. The van der Waals surface area contributed by atoms with Gasteiger partial charge in [-0.25, -0.2) is 0 Å². The molecule has 0 bridgehead atoms. The van der Waals surface area contributed by atoms with E-state index in [1.54, 1.807) is 12.1 Å². The Hall–Kier alpha value is -1.02. The van der Waals surface area contributed by atoms with E-state index in [1.807, 2.05) is 12.1 Å². The summed E-state index contributed by atoms with van der Waals surface area (Å²) in [6.45, 7) is 1.05. The number of hydrogen-bond acceptors (Lipinski definition) is 2. The lowest BCUT2D eigenvalue weighted by Crippen LogP contribution is -2.31. The van der Waals surface area contributed by atoms with Crippen molar-refractivity contribution in [1.82, 2.24) is 5.32 Å². The molecule has 0 atom stereocenters. The molecule has 1 aliphatic rings. The summed E-state index contributed by atoms with van der Waals surface area (Å²) in [5.41, 5.74) is 1.30. The number of phenolic OH excluding ortho intramolecular Hbond substituents is 1. The zero-order chi connectivity index (χ0) is 12.6. The highest BCUT2D eigenvalue weighted by Crippen LogP contribution is 2.17. The first-order chi connectivity index (χ1) is 8.84. The summed E-state index contributed by atoms with van der Waals surface area (Å²) in [5.74, 6) is 0.353. The molecule has 2 N–H and O–H groups in total. The van der Waals surface area contributed by atoms with Crippen molar-refractivity contribution in [3.05, 3.63) is 29.8 Å². The number of benzene rings is 1. The molecule has 0 unspecified atom stereocenters. The van der Waals surface area contributed by atoms with E-state index >= 15 is 0 Å². The molecule has 1 aliphatic carbocycles. The highest BCUT2D eigenvalue weighted by molar-refractivity contribution is 5.25. The molecule has 0 aliphatic heterocycles. The Balaban J connectivity index is 1.68. The third-order valence-corrected chi connectivity index (χ3v) is 3.89. The standard InChI is InChI=1S/C16H25NO/c18-16-10-8-14(9-11-16)12-13-17-15-6-4-2-1-3-5-7-15/h8-11,15,17-18H,1-7,12-13H2. The molecule has 1 aromatic rings. The molecule has 0 saturated heterocycles. The summed E-state index contributed by atoms with van der Waals surface area (Å²) in [6, 6.07) is 8.28. The van der Waals surface area contributed by atoms with E-state index in [1.165, 1.54) is 50.5 Å². The van der Waals surface area contributed by atoms with E-state index in [9.17, 15) is 5.11 Å². The smallest absolute Gasteiger partial charge is 0.115 e. The first kappa shape index (κ1) is 13.4. The van der Waals surface area contributed by atoms with Gasteiger partial charge in [-0.1, -0.05) is 44.2 Å². The predicted octanol–water partition coefficient (Wildman–Crippen LogP) is 3.64. The highest BCUT2D eigenvalue weighted by atomic mass is 16.3. The monoisotopic (exact) mass is 247 g/mol. The number of nitrogens with one attached hydrogen (secondary N) is 1. The fraction of sp³-hybridized carbons (Fsp3) is 0.625. The van der Waals surface area contributed by atoms with Crippen molar-refractivity contribution >= 4 is 0 Å². The summed E-state index contributed by atoms with van der Waals surface area (Å²) in [4.78, 5) is 0. The van der Waals surface area contributed by atoms with Crippen LogP contribution in [0.1, 0.15) is 50.5 Å². The first-order valence-corrected chi connectivity index (χ1v) is 7.36. The van der Waals surface area contributed by atoms with E-state index in [0.29, 0.717) is 5.75 Å². The van der Waals surface area contributed by atoms with Crippen molar-refractivity contribution < 1.29 is 5.11 Å². The van der Waals surface area contributed by atoms with Crippen LogP contribution in [0.15, 0.2) is 24.3 Å². The van der Waals surface area contributed by atoms with Crippen molar-refractivity contribution in [2.45, 2.75) is 57.4 Å². The normalized spacial score (nSPS) is 18.2. The number of aromatic hydroxyl groups is 1. The second-order valence-electron chi connectivity index (χ2n) is 5.41. The summed E-state index contributed by atoms with van der Waals surface area (Å²) in [7, 11) is 0. The van der Waals surface area contributed by atoms with Crippen LogP contribution in [0.25, 0.3) is 0 Å². The molecule has 0 heterocycles. The Labute approximate surface area is 110 Å². The zero-order valence-electron chi connectivity index (χ0n) is 11.2. The van der Waals surface area contributed by atoms with Crippen molar-refractivity contribution in [2.75, 3.05) is 6.54 Å². The van der Waals surface area contributed by atoms with Crippen LogP contribution in [0.3, 0.4) is 0 Å². The lowest BCUT2D eigenvalue weighted by Gasteiger charge is -2.21. The highest BCUT2D eigenvalue weighted by Gasteiger charge is 2.09. The molecule has 0 radical (unpaired) electrons. The predicted molar refractivity (Wildman–Crippen MR) is 75.9 cm³/mol. The molecule has 1 fully saturated rings. The molecular formula is C16H25NO. The first-order valence-electron chi connectivity index (χ1n) is 7.36. The van der Waals surface area contributed by atoms with Gasteiger partial charge >= 0.3 is 0 Å². The van der Waals surface area contributed by atoms with Gasteiger partial charge in [-0.05, 0) is 43.5 Å². The average Bonchev–Trinajstić information content (AvgIpc) is 2.34. The molecular weight excluding hydrogens is 222 g/mol. The lowest BCUT2D eigenvalue weighted by atomic mass is 9.96. The van der Waals surface area contributed by atoms with E-state index in [0.717, 1.165) is 19.0 Å². The van der Waals surface area contributed by atoms with E-state index < -0.39 is 0 Å². The lowest BCUT2D eigenvalue weighted by molar-refractivity contribution is 0.392. The van der Waals surface area contributed by atoms with Gasteiger partial charge in [0, 0.05) is 6.04 Å². The maximum atomic E-state index is 9.23. The van der Waals surface area contributed by atoms with Crippen molar-refractivity contribution in [2.24, 2.45) is 0 Å². The van der Waals surface area contributed by atoms with E-state index in [2.05, 4.69) is 5.32 Å². The second kappa shape index (κ2) is 7.42. The average molecular weight is 247 g/mol. The Morgan fingerprint density at radius 3 is 2.22 bits per heavy atom. The van der Waals surface area contributed by atoms with Gasteiger partial charge in [-0.15, -0.1) is 0 Å². The minimum absolute atomic E-state index is 0.353. The molecule has 1 aromatic carbocycles. The van der Waals surface area contributed by atoms with Crippen molar-refractivity contribution in [3.63, 3.8) is 0 Å². The van der Waals surface area contributed by atoms with Crippen LogP contribution in [0.4, 0.5) is 0 Å². The zero-order valence-corrected chi connectivity index (χ0v) is 11.2. The van der Waals surface area contributed by atoms with Gasteiger partial charge < -0.3 is 10.4 Å². The summed E-state index contributed by atoms with van der Waals surface area (Å²) >= 11 is 0. The van der Waals surface area contributed by atoms with Crippen LogP contribution >= 0.6 is 0 Å². The molecule has 100 valence electrons. The quantitative estimate of drug-likeness (QED) is 0.851. The molecule has 2 nitrogen and oxygen atoms in total. The van der Waals surface area contributed by atoms with E-state index in [-0.39, 0.29) is 0 Å². The van der Waals surface area contributed by atoms with Gasteiger partial charge in [-0.2, -0.15) is 0 Å². The van der Waals surface area contributed by atoms with Gasteiger partial charge in [0.15, 0.2) is 0 Å². The Morgan fingerprint density at radius 2 is 1.56 bits per heavy atom. The maximum absolute atomic E-state index is 9.23. The minimum atomic E-state index is 0.353. The van der Waals surface area contributed by atoms with Crippen LogP contribution in [-0.2, 0) is 6.42 Å². The fourth-order valence-corrected chi connectivity index (χ4v) is 2.74. The number of hydrogen-bond donors (Lipinski definition) is 2. The van der Waals surface area contributed by atoms with Crippen molar-refractivity contribution in [3.8, 4) is 5.75 Å². The topological polar surface area (TPSA) is 32.3 Å². The fourth-order valence-electron chi connectivity index (χ4n) is 2.74. The number of phenols is 1. The third kappa shape index (κ3) is 4.69. The second-order valence-corrected chi connectivity index (χ2v) is 5.41. The SMILES string of the molecule is Oc1ccc(CCNC2CCCCCCC2)cc1. The summed E-state index contributed by atoms with van der Waals surface area (Å²) < 4.78 is 0. The van der Waals surface area contributed by atoms with Crippen molar-refractivity contribution in [1.29, 1.82) is 0 Å². The molecule has 0 spiro atoms. The van der Waals surface area contributed by atoms with E-state index in [4.69, 9.17) is 0 Å². The Bertz CT molecular complexity index is 325. The van der Waals surface area contributed by atoms with Gasteiger partial charge in [0.25, 0.3) is 0 Å². The van der Waals surface area contributed by atoms with Crippen LogP contribution in [-0.4, -0.2) is 17.7 Å². The number of rotatable bonds is 4. The molecule has 2 heteroatoms. The Kier molecular flexibility index (Phi) is 5.53. The van der Waals surface area contributed by atoms with Gasteiger partial charge in [0.05, 0.1) is 0 Å². The largest absolute Gasteiger partial charge is 0.508 e. The van der Waals surface area contributed by atoms with Crippen LogP contribution in [0.5, 0.6) is 5.75 Å². The van der Waals surface area contributed by atoms with Crippen LogP contribution < -0.4 is 5.32 Å². The summed E-state index contributed by atoms with van der Waals surface area (Å²) in [5, 5.41) is 12.9. The van der Waals surface area contributed by atoms with Gasteiger partial charge in [0.2, 0.25) is 0 Å². The van der Waals surface area contributed by atoms with Gasteiger partial charge in [-0.3, -0.25) is 0 Å². The maximum Gasteiger partial charge on any atom is 0.115 e. The molecule has 0 amide bonds. The molecule has 18 heavy (non-hydrogen) atoms. The van der Waals surface area contributed by atoms with Crippen LogP contribution in [0, 0.1) is 0 Å². The summed E-state index contributed by atoms with van der Waals surface area (Å²) in [6.07, 6.45) is 10.8.